The fourth-order valence-electron chi connectivity index (χ4n) is 1.69. The van der Waals surface area contributed by atoms with E-state index in [2.05, 4.69) is 0 Å². The molecule has 6 heteroatoms. The summed E-state index contributed by atoms with van der Waals surface area (Å²) in [5.41, 5.74) is 1.18. The van der Waals surface area contributed by atoms with E-state index in [1.807, 2.05) is 6.07 Å². The molecule has 0 aromatic heterocycles. The summed E-state index contributed by atoms with van der Waals surface area (Å²) in [5.74, 6) is -0.240. The van der Waals surface area contributed by atoms with Gasteiger partial charge in [-0.25, -0.2) is 13.6 Å². The molecule has 0 fully saturated rings. The van der Waals surface area contributed by atoms with Crippen molar-refractivity contribution >= 4 is 33.5 Å². The van der Waals surface area contributed by atoms with E-state index in [1.165, 1.54) is 30.3 Å². The molecule has 0 spiro atoms. The third-order valence-corrected chi connectivity index (χ3v) is 3.91. The van der Waals surface area contributed by atoms with Crippen LogP contribution in [0.4, 0.5) is 0 Å². The molecule has 0 amide bonds. The molecule has 0 atom stereocenters. The van der Waals surface area contributed by atoms with Gasteiger partial charge in [0, 0.05) is 10.6 Å². The normalized spacial score (nSPS) is 11.7. The van der Waals surface area contributed by atoms with Gasteiger partial charge in [0.25, 0.3) is 0 Å². The summed E-state index contributed by atoms with van der Waals surface area (Å²) in [6.45, 7) is 0. The Hall–Kier alpha value is -1.95. The number of nitrogens with two attached hydrogens (primary N) is 1. The minimum atomic E-state index is -3.75. The molecule has 21 heavy (non-hydrogen) atoms. The molecule has 0 radical (unpaired) electrons. The van der Waals surface area contributed by atoms with Gasteiger partial charge in [0.15, 0.2) is 5.78 Å². The van der Waals surface area contributed by atoms with Crippen LogP contribution in [0.1, 0.15) is 15.9 Å². The highest BCUT2D eigenvalue weighted by molar-refractivity contribution is 7.89. The Balaban J connectivity index is 2.17. The first kappa shape index (κ1) is 15.4. The van der Waals surface area contributed by atoms with Crippen LogP contribution in [-0.2, 0) is 10.0 Å². The molecule has 2 rings (SSSR count). The molecule has 0 saturated heterocycles. The summed E-state index contributed by atoms with van der Waals surface area (Å²) in [6, 6.07) is 12.5. The molecular formula is C15H12ClNO3S. The molecule has 0 aliphatic heterocycles. The molecule has 0 aliphatic rings. The van der Waals surface area contributed by atoms with Crippen LogP contribution in [0.2, 0.25) is 5.02 Å². The highest BCUT2D eigenvalue weighted by Gasteiger charge is 2.08. The van der Waals surface area contributed by atoms with Crippen LogP contribution in [0, 0.1) is 0 Å². The van der Waals surface area contributed by atoms with Gasteiger partial charge in [-0.05, 0) is 48.0 Å². The van der Waals surface area contributed by atoms with Gasteiger partial charge in [0.05, 0.1) is 4.90 Å². The van der Waals surface area contributed by atoms with Crippen molar-refractivity contribution in [1.29, 1.82) is 0 Å². The number of primary sulfonamides is 1. The standard InChI is InChI=1S/C15H12ClNO3S/c16-13-3-1-2-11(10-13)4-9-15(18)12-5-7-14(8-6-12)21(17,19)20/h1-10H,(H2,17,19,20)/b9-4+. The summed E-state index contributed by atoms with van der Waals surface area (Å²) in [6.07, 6.45) is 3.04. The highest BCUT2D eigenvalue weighted by atomic mass is 35.5. The zero-order chi connectivity index (χ0) is 15.5. The summed E-state index contributed by atoms with van der Waals surface area (Å²) >= 11 is 5.85. The Labute approximate surface area is 127 Å². The van der Waals surface area contributed by atoms with Crippen molar-refractivity contribution in [2.75, 3.05) is 0 Å². The van der Waals surface area contributed by atoms with Gasteiger partial charge in [0.1, 0.15) is 0 Å². The maximum absolute atomic E-state index is 12.0. The lowest BCUT2D eigenvalue weighted by Gasteiger charge is -2.00. The van der Waals surface area contributed by atoms with E-state index in [9.17, 15) is 13.2 Å². The quantitative estimate of drug-likeness (QED) is 0.694. The maximum atomic E-state index is 12.0. The first-order valence-electron chi connectivity index (χ1n) is 5.97. The summed E-state index contributed by atoms with van der Waals surface area (Å²) in [4.78, 5) is 11.9. The largest absolute Gasteiger partial charge is 0.289 e. The zero-order valence-corrected chi connectivity index (χ0v) is 12.4. The molecule has 0 aliphatic carbocycles. The Kier molecular flexibility index (Phi) is 4.57. The fraction of sp³-hybridized carbons (Fsp3) is 0. The van der Waals surface area contributed by atoms with Crippen molar-refractivity contribution in [1.82, 2.24) is 0 Å². The molecule has 0 bridgehead atoms. The molecule has 0 saturated carbocycles. The number of sulfonamides is 1. The molecule has 108 valence electrons. The first-order valence-corrected chi connectivity index (χ1v) is 7.89. The van der Waals surface area contributed by atoms with Gasteiger partial charge >= 0.3 is 0 Å². The predicted molar refractivity (Wildman–Crippen MR) is 82.6 cm³/mol. The molecular weight excluding hydrogens is 310 g/mol. The van der Waals surface area contributed by atoms with Crippen LogP contribution in [0.5, 0.6) is 0 Å². The van der Waals surface area contributed by atoms with E-state index < -0.39 is 10.0 Å². The molecule has 2 N–H and O–H groups in total. The minimum Gasteiger partial charge on any atom is -0.289 e. The maximum Gasteiger partial charge on any atom is 0.238 e. The second-order valence-electron chi connectivity index (χ2n) is 4.32. The third kappa shape index (κ3) is 4.26. The number of ketones is 1. The average Bonchev–Trinajstić information content (AvgIpc) is 2.44. The Morgan fingerprint density at radius 1 is 1.10 bits per heavy atom. The van der Waals surface area contributed by atoms with E-state index >= 15 is 0 Å². The lowest BCUT2D eigenvalue weighted by molar-refractivity contribution is 0.104. The van der Waals surface area contributed by atoms with Crippen molar-refractivity contribution in [2.24, 2.45) is 5.14 Å². The van der Waals surface area contributed by atoms with E-state index in [-0.39, 0.29) is 10.7 Å². The Morgan fingerprint density at radius 2 is 1.76 bits per heavy atom. The molecule has 2 aromatic rings. The minimum absolute atomic E-state index is 0.0297. The molecule has 2 aromatic carbocycles. The SMILES string of the molecule is NS(=O)(=O)c1ccc(C(=O)/C=C/c2cccc(Cl)c2)cc1. The van der Waals surface area contributed by atoms with Crippen molar-refractivity contribution in [3.05, 3.63) is 70.8 Å². The first-order chi connectivity index (χ1) is 9.86. The van der Waals surface area contributed by atoms with Crippen molar-refractivity contribution in [3.63, 3.8) is 0 Å². The monoisotopic (exact) mass is 321 g/mol. The van der Waals surface area contributed by atoms with E-state index in [4.69, 9.17) is 16.7 Å². The van der Waals surface area contributed by atoms with Gasteiger partial charge < -0.3 is 0 Å². The van der Waals surface area contributed by atoms with Crippen LogP contribution in [0.3, 0.4) is 0 Å². The third-order valence-electron chi connectivity index (χ3n) is 2.74. The number of halogens is 1. The lowest BCUT2D eigenvalue weighted by Crippen LogP contribution is -2.12. The predicted octanol–water partition coefficient (Wildman–Crippen LogP) is 2.88. The summed E-state index contributed by atoms with van der Waals surface area (Å²) < 4.78 is 22.2. The topological polar surface area (TPSA) is 77.2 Å². The average molecular weight is 322 g/mol. The lowest BCUT2D eigenvalue weighted by atomic mass is 10.1. The number of allylic oxidation sites excluding steroid dienone is 1. The Morgan fingerprint density at radius 3 is 2.33 bits per heavy atom. The van der Waals surface area contributed by atoms with E-state index in [0.717, 1.165) is 5.56 Å². The van der Waals surface area contributed by atoms with Crippen LogP contribution >= 0.6 is 11.6 Å². The number of rotatable bonds is 4. The van der Waals surface area contributed by atoms with Crippen LogP contribution in [-0.4, -0.2) is 14.2 Å². The zero-order valence-electron chi connectivity index (χ0n) is 10.9. The van der Waals surface area contributed by atoms with Gasteiger partial charge in [-0.3, -0.25) is 4.79 Å². The van der Waals surface area contributed by atoms with Gasteiger partial charge in [-0.2, -0.15) is 0 Å². The van der Waals surface area contributed by atoms with Gasteiger partial charge in [0.2, 0.25) is 10.0 Å². The van der Waals surface area contributed by atoms with Crippen LogP contribution in [0.15, 0.2) is 59.5 Å². The number of carbonyl (C=O) groups is 1. The second-order valence-corrected chi connectivity index (χ2v) is 6.32. The second kappa shape index (κ2) is 6.22. The van der Waals surface area contributed by atoms with E-state index in [1.54, 1.807) is 24.3 Å². The smallest absolute Gasteiger partial charge is 0.238 e. The van der Waals surface area contributed by atoms with Crippen molar-refractivity contribution < 1.29 is 13.2 Å². The molecule has 4 nitrogen and oxygen atoms in total. The van der Waals surface area contributed by atoms with Gasteiger partial charge in [-0.15, -0.1) is 0 Å². The number of carbonyl (C=O) groups excluding carboxylic acids is 1. The fourth-order valence-corrected chi connectivity index (χ4v) is 2.40. The number of hydrogen-bond donors (Lipinski definition) is 1. The molecule has 0 unspecified atom stereocenters. The van der Waals surface area contributed by atoms with Crippen LogP contribution in [0.25, 0.3) is 6.08 Å². The number of hydrogen-bond acceptors (Lipinski definition) is 3. The highest BCUT2D eigenvalue weighted by Crippen LogP contribution is 2.13. The van der Waals surface area contributed by atoms with Gasteiger partial charge in [-0.1, -0.05) is 29.8 Å². The van der Waals surface area contributed by atoms with Crippen LogP contribution < -0.4 is 5.14 Å². The van der Waals surface area contributed by atoms with Crippen molar-refractivity contribution in [2.45, 2.75) is 4.90 Å². The molecule has 0 heterocycles. The van der Waals surface area contributed by atoms with Crippen molar-refractivity contribution in [3.8, 4) is 0 Å². The summed E-state index contributed by atoms with van der Waals surface area (Å²) in [5, 5.41) is 5.58. The number of benzene rings is 2. The Bertz CT molecular complexity index is 796. The van der Waals surface area contributed by atoms with E-state index in [0.29, 0.717) is 10.6 Å². The summed E-state index contributed by atoms with van der Waals surface area (Å²) in [7, 11) is -3.75.